The van der Waals surface area contributed by atoms with Crippen LogP contribution in [0.5, 0.6) is 0 Å². The summed E-state index contributed by atoms with van der Waals surface area (Å²) in [7, 11) is -3.26. The Balaban J connectivity index is 3.92. The van der Waals surface area contributed by atoms with Crippen molar-refractivity contribution in [3.05, 3.63) is 0 Å². The minimum Gasteiger partial charge on any atom is -0.481 e. The number of carboxylic acids is 1. The van der Waals surface area contributed by atoms with E-state index in [1.807, 2.05) is 0 Å². The SMILES string of the molecule is CC(CCNS(=O)(=O)C(C)C)C(=O)O. The van der Waals surface area contributed by atoms with Crippen LogP contribution in [0.2, 0.25) is 0 Å². The first kappa shape index (κ1) is 13.4. The van der Waals surface area contributed by atoms with Crippen LogP contribution >= 0.6 is 0 Å². The van der Waals surface area contributed by atoms with Gasteiger partial charge in [-0.15, -0.1) is 0 Å². The molecule has 2 N–H and O–H groups in total. The van der Waals surface area contributed by atoms with Crippen molar-refractivity contribution in [1.29, 1.82) is 0 Å². The van der Waals surface area contributed by atoms with Crippen molar-refractivity contribution in [1.82, 2.24) is 4.72 Å². The number of carboxylic acid groups (broad SMARTS) is 1. The summed E-state index contributed by atoms with van der Waals surface area (Å²) in [4.78, 5) is 10.4. The Morgan fingerprint density at radius 3 is 2.21 bits per heavy atom. The molecule has 84 valence electrons. The molecule has 5 nitrogen and oxygen atoms in total. The summed E-state index contributed by atoms with van der Waals surface area (Å²) >= 11 is 0. The Hall–Kier alpha value is -0.620. The number of hydrogen-bond acceptors (Lipinski definition) is 3. The van der Waals surface area contributed by atoms with Crippen molar-refractivity contribution >= 4 is 16.0 Å². The van der Waals surface area contributed by atoms with Crippen LogP contribution in [0.25, 0.3) is 0 Å². The average Bonchev–Trinajstić information content (AvgIpc) is 2.03. The molecule has 0 heterocycles. The normalized spacial score (nSPS) is 14.3. The lowest BCUT2D eigenvalue weighted by Gasteiger charge is -2.10. The fraction of sp³-hybridized carbons (Fsp3) is 0.875. The van der Waals surface area contributed by atoms with Crippen molar-refractivity contribution in [2.24, 2.45) is 5.92 Å². The van der Waals surface area contributed by atoms with Crippen molar-refractivity contribution in [3.8, 4) is 0 Å². The van der Waals surface area contributed by atoms with Gasteiger partial charge in [0.2, 0.25) is 10.0 Å². The Morgan fingerprint density at radius 2 is 1.86 bits per heavy atom. The molecule has 1 unspecified atom stereocenters. The van der Waals surface area contributed by atoms with E-state index >= 15 is 0 Å². The summed E-state index contributed by atoms with van der Waals surface area (Å²) in [5, 5.41) is 8.06. The van der Waals surface area contributed by atoms with Gasteiger partial charge < -0.3 is 5.11 Å². The van der Waals surface area contributed by atoms with E-state index in [0.717, 1.165) is 0 Å². The van der Waals surface area contributed by atoms with Gasteiger partial charge in [-0.05, 0) is 20.3 Å². The van der Waals surface area contributed by atoms with Gasteiger partial charge in [-0.1, -0.05) is 6.92 Å². The van der Waals surface area contributed by atoms with E-state index in [2.05, 4.69) is 4.72 Å². The molecule has 0 rings (SSSR count). The highest BCUT2D eigenvalue weighted by Crippen LogP contribution is 2.02. The number of sulfonamides is 1. The largest absolute Gasteiger partial charge is 0.481 e. The molecular formula is C8H17NO4S. The molecule has 6 heteroatoms. The van der Waals surface area contributed by atoms with Gasteiger partial charge in [-0.3, -0.25) is 4.79 Å². The third-order valence-corrected chi connectivity index (χ3v) is 3.77. The topological polar surface area (TPSA) is 83.5 Å². The highest BCUT2D eigenvalue weighted by atomic mass is 32.2. The maximum Gasteiger partial charge on any atom is 0.306 e. The fourth-order valence-electron chi connectivity index (χ4n) is 0.708. The van der Waals surface area contributed by atoms with E-state index in [-0.39, 0.29) is 6.54 Å². The van der Waals surface area contributed by atoms with Gasteiger partial charge in [0.05, 0.1) is 11.2 Å². The standard InChI is InChI=1S/C8H17NO4S/c1-6(2)14(12,13)9-5-4-7(3)8(10)11/h6-7,9H,4-5H2,1-3H3,(H,10,11). The smallest absolute Gasteiger partial charge is 0.306 e. The molecule has 0 aliphatic carbocycles. The third kappa shape index (κ3) is 4.57. The fourth-order valence-corrected chi connectivity index (χ4v) is 1.44. The lowest BCUT2D eigenvalue weighted by Crippen LogP contribution is -2.32. The molecule has 0 radical (unpaired) electrons. The number of carbonyl (C=O) groups is 1. The second kappa shape index (κ2) is 5.31. The van der Waals surface area contributed by atoms with Gasteiger partial charge in [0.15, 0.2) is 0 Å². The minimum absolute atomic E-state index is 0.175. The number of hydrogen-bond donors (Lipinski definition) is 2. The monoisotopic (exact) mass is 223 g/mol. The molecule has 0 bridgehead atoms. The molecule has 0 saturated carbocycles. The predicted octanol–water partition coefficient (Wildman–Crippen LogP) is 0.425. The van der Waals surface area contributed by atoms with Gasteiger partial charge >= 0.3 is 5.97 Å². The van der Waals surface area contributed by atoms with Crippen LogP contribution < -0.4 is 4.72 Å². The maximum atomic E-state index is 11.2. The zero-order valence-electron chi connectivity index (χ0n) is 8.65. The van der Waals surface area contributed by atoms with Crippen LogP contribution in [0.1, 0.15) is 27.2 Å². The molecule has 0 aliphatic heterocycles. The van der Waals surface area contributed by atoms with Gasteiger partial charge in [0, 0.05) is 6.54 Å². The Labute approximate surface area is 84.6 Å². The Kier molecular flexibility index (Phi) is 5.07. The second-order valence-corrected chi connectivity index (χ2v) is 5.84. The van der Waals surface area contributed by atoms with Crippen molar-refractivity contribution in [3.63, 3.8) is 0 Å². The van der Waals surface area contributed by atoms with Crippen molar-refractivity contribution in [2.45, 2.75) is 32.4 Å². The van der Waals surface area contributed by atoms with Gasteiger partial charge in [0.1, 0.15) is 0 Å². The highest BCUT2D eigenvalue weighted by molar-refractivity contribution is 7.90. The van der Waals surface area contributed by atoms with Crippen LogP contribution in [0.3, 0.4) is 0 Å². The quantitative estimate of drug-likeness (QED) is 0.683. The lowest BCUT2D eigenvalue weighted by atomic mass is 10.1. The van der Waals surface area contributed by atoms with Gasteiger partial charge in [0.25, 0.3) is 0 Å². The molecule has 0 aromatic rings. The summed E-state index contributed by atoms with van der Waals surface area (Å²) in [6.07, 6.45) is 0.307. The van der Waals surface area contributed by atoms with Crippen molar-refractivity contribution in [2.75, 3.05) is 6.54 Å². The van der Waals surface area contributed by atoms with E-state index in [1.165, 1.54) is 0 Å². The molecule has 0 aliphatic rings. The molecule has 0 amide bonds. The Morgan fingerprint density at radius 1 is 1.36 bits per heavy atom. The van der Waals surface area contributed by atoms with E-state index in [9.17, 15) is 13.2 Å². The molecule has 1 atom stereocenters. The van der Waals surface area contributed by atoms with Crippen LogP contribution in [-0.2, 0) is 14.8 Å². The highest BCUT2D eigenvalue weighted by Gasteiger charge is 2.16. The lowest BCUT2D eigenvalue weighted by molar-refractivity contribution is -0.141. The van der Waals surface area contributed by atoms with E-state index in [4.69, 9.17) is 5.11 Å². The summed E-state index contributed by atoms with van der Waals surface area (Å²) < 4.78 is 24.8. The molecule has 0 aromatic carbocycles. The van der Waals surface area contributed by atoms with Gasteiger partial charge in [-0.25, -0.2) is 13.1 Å². The summed E-state index contributed by atoms with van der Waals surface area (Å²) in [5.74, 6) is -1.43. The summed E-state index contributed by atoms with van der Waals surface area (Å²) in [6.45, 7) is 4.87. The summed E-state index contributed by atoms with van der Waals surface area (Å²) in [6, 6.07) is 0. The number of aliphatic carboxylic acids is 1. The molecule has 0 fully saturated rings. The van der Waals surface area contributed by atoms with Crippen molar-refractivity contribution < 1.29 is 18.3 Å². The first-order valence-corrected chi connectivity index (χ1v) is 6.03. The predicted molar refractivity (Wildman–Crippen MR) is 53.5 cm³/mol. The molecular weight excluding hydrogens is 206 g/mol. The van der Waals surface area contributed by atoms with Crippen LogP contribution in [0, 0.1) is 5.92 Å². The second-order valence-electron chi connectivity index (χ2n) is 3.52. The first-order valence-electron chi connectivity index (χ1n) is 4.48. The Bertz CT molecular complexity index is 284. The number of nitrogens with one attached hydrogen (secondary N) is 1. The third-order valence-electron chi connectivity index (χ3n) is 1.92. The molecule has 0 aromatic heterocycles. The van der Waals surface area contributed by atoms with Crippen LogP contribution in [0.4, 0.5) is 0 Å². The minimum atomic E-state index is -3.26. The molecule has 0 spiro atoms. The van der Waals surface area contributed by atoms with E-state index < -0.39 is 27.2 Å². The zero-order chi connectivity index (χ0) is 11.4. The number of rotatable bonds is 6. The maximum absolute atomic E-state index is 11.2. The van der Waals surface area contributed by atoms with Crippen LogP contribution in [-0.4, -0.2) is 31.3 Å². The van der Waals surface area contributed by atoms with E-state index in [1.54, 1.807) is 20.8 Å². The molecule has 0 saturated heterocycles. The van der Waals surface area contributed by atoms with E-state index in [0.29, 0.717) is 6.42 Å². The molecule has 14 heavy (non-hydrogen) atoms. The van der Waals surface area contributed by atoms with Gasteiger partial charge in [-0.2, -0.15) is 0 Å². The first-order chi connectivity index (χ1) is 6.27. The average molecular weight is 223 g/mol. The van der Waals surface area contributed by atoms with Crippen LogP contribution in [0.15, 0.2) is 0 Å². The summed E-state index contributed by atoms with van der Waals surface area (Å²) in [5.41, 5.74) is 0. The zero-order valence-corrected chi connectivity index (χ0v) is 9.47.